The van der Waals surface area contributed by atoms with Gasteiger partial charge >= 0.3 is 6.18 Å². The normalized spacial score (nSPS) is 12.6. The minimum atomic E-state index is -4.81. The minimum Gasteiger partial charge on any atom is -0.344 e. The molecule has 0 radical (unpaired) electrons. The first kappa shape index (κ1) is 39.0. The third kappa shape index (κ3) is 8.03. The smallest absolute Gasteiger partial charge is 0.344 e. The van der Waals surface area contributed by atoms with Gasteiger partial charge in [0.25, 0.3) is 5.56 Å². The number of aryl methyl sites for hydroxylation is 1. The molecule has 294 valence electrons. The summed E-state index contributed by atoms with van der Waals surface area (Å²) in [4.78, 5) is 37.5. The second-order valence-electron chi connectivity index (χ2n) is 12.8. The molecule has 0 fully saturated rings. The summed E-state index contributed by atoms with van der Waals surface area (Å²) in [5.74, 6) is -4.06. The lowest BCUT2D eigenvalue weighted by Crippen LogP contribution is -2.37. The maximum atomic E-state index is 14.9. The van der Waals surface area contributed by atoms with Crippen molar-refractivity contribution in [3.63, 3.8) is 0 Å². The topological polar surface area (TPSA) is 159 Å². The lowest BCUT2D eigenvalue weighted by Gasteiger charge is -2.23. The highest BCUT2D eigenvalue weighted by atomic mass is 35.5. The van der Waals surface area contributed by atoms with Gasteiger partial charge in [-0.15, -0.1) is 0 Å². The SMILES string of the molecule is Cn1nc(NS(C)(=O)=O)c2c(Cl)ccc(-n3c([C@H](Cc4cc(F)cc(F)c4)NC(=O)Cn4ccc(C(F)(F)F)n4)nc4nc(-c5ccccc5F)ccc4c3=O)c21. The molecule has 13 nitrogen and oxygen atoms in total. The molecule has 57 heavy (non-hydrogen) atoms. The van der Waals surface area contributed by atoms with Gasteiger partial charge in [-0.25, -0.2) is 31.6 Å². The molecule has 2 N–H and O–H groups in total. The molecule has 4 aromatic heterocycles. The number of nitrogens with zero attached hydrogens (tertiary/aromatic N) is 7. The number of hydrogen-bond donors (Lipinski definition) is 2. The second-order valence-corrected chi connectivity index (χ2v) is 14.9. The minimum absolute atomic E-state index is 0.00917. The molecule has 1 amide bonds. The summed E-state index contributed by atoms with van der Waals surface area (Å²) in [5, 5.41) is 10.2. The number of rotatable bonds is 10. The van der Waals surface area contributed by atoms with Crippen LogP contribution in [0, 0.1) is 17.5 Å². The molecule has 0 saturated heterocycles. The van der Waals surface area contributed by atoms with Crippen LogP contribution in [0.5, 0.6) is 0 Å². The van der Waals surface area contributed by atoms with Crippen LogP contribution in [-0.4, -0.2) is 54.7 Å². The van der Waals surface area contributed by atoms with Crippen LogP contribution in [0.25, 0.3) is 38.9 Å². The van der Waals surface area contributed by atoms with E-state index in [1.807, 2.05) is 0 Å². The lowest BCUT2D eigenvalue weighted by molar-refractivity contribution is -0.141. The Morgan fingerprint density at radius 3 is 2.33 bits per heavy atom. The molecule has 3 aromatic carbocycles. The van der Waals surface area contributed by atoms with E-state index in [0.29, 0.717) is 12.1 Å². The first-order valence-corrected chi connectivity index (χ1v) is 18.8. The molecule has 0 bridgehead atoms. The summed E-state index contributed by atoms with van der Waals surface area (Å²) in [6.07, 6.45) is -3.45. The zero-order valence-electron chi connectivity index (χ0n) is 29.3. The van der Waals surface area contributed by atoms with Crippen LogP contribution in [0.3, 0.4) is 0 Å². The average Bonchev–Trinajstić information content (AvgIpc) is 3.72. The molecule has 0 unspecified atom stereocenters. The number of fused-ring (bicyclic) bond motifs is 2. The highest BCUT2D eigenvalue weighted by molar-refractivity contribution is 7.92. The number of sulfonamides is 1. The number of amides is 1. The summed E-state index contributed by atoms with van der Waals surface area (Å²) in [6.45, 7) is -0.773. The third-order valence-corrected chi connectivity index (χ3v) is 9.47. The van der Waals surface area contributed by atoms with Gasteiger partial charge in [0.15, 0.2) is 17.2 Å². The lowest BCUT2D eigenvalue weighted by atomic mass is 10.0. The van der Waals surface area contributed by atoms with Gasteiger partial charge in [-0.2, -0.15) is 23.4 Å². The zero-order valence-corrected chi connectivity index (χ0v) is 30.9. The van der Waals surface area contributed by atoms with E-state index in [9.17, 15) is 44.3 Å². The first-order valence-electron chi connectivity index (χ1n) is 16.5. The molecule has 0 aliphatic rings. The maximum absolute atomic E-state index is 14.9. The summed E-state index contributed by atoms with van der Waals surface area (Å²) in [7, 11) is -2.47. The summed E-state index contributed by atoms with van der Waals surface area (Å²) in [6, 6.07) is 12.8. The number of carbonyl (C=O) groups excluding carboxylic acids is 1. The van der Waals surface area contributed by atoms with Gasteiger partial charge in [0.05, 0.1) is 45.0 Å². The standard InChI is InChI=1S/C36H26ClF6N9O4S/c1-50-31-27(10-8-23(37)30(31)33(48-50)49-57(2,55)56)52-34(46-32-22(35(52)54)7-9-25(45-32)21-5-3-4-6-24(21)40)26(15-18-13-19(38)16-20(39)14-18)44-29(53)17-51-12-11-28(47-51)36(41,42)43/h3-14,16,26H,15,17H2,1-2H3,(H,44,53)(H,48,49)/t26-/m0/s1. The molecule has 4 heterocycles. The number of benzene rings is 3. The van der Waals surface area contributed by atoms with Crippen molar-refractivity contribution in [2.45, 2.75) is 25.2 Å². The maximum Gasteiger partial charge on any atom is 0.435 e. The van der Waals surface area contributed by atoms with Crippen LogP contribution in [0.1, 0.15) is 23.1 Å². The molecule has 0 aliphatic carbocycles. The van der Waals surface area contributed by atoms with Crippen LogP contribution >= 0.6 is 11.6 Å². The van der Waals surface area contributed by atoms with Crippen molar-refractivity contribution >= 4 is 55.3 Å². The summed E-state index contributed by atoms with van der Waals surface area (Å²) < 4.78 is 114. The van der Waals surface area contributed by atoms with E-state index < -0.39 is 69.8 Å². The fraction of sp³-hybridized carbons (Fsp3) is 0.167. The van der Waals surface area contributed by atoms with Gasteiger partial charge < -0.3 is 5.32 Å². The summed E-state index contributed by atoms with van der Waals surface area (Å²) in [5.41, 5.74) is -2.16. The van der Waals surface area contributed by atoms with Crippen LogP contribution in [0.15, 0.2) is 83.8 Å². The number of nitrogens with one attached hydrogen (secondary N) is 2. The number of alkyl halides is 3. The van der Waals surface area contributed by atoms with Crippen molar-refractivity contribution in [3.05, 3.63) is 129 Å². The van der Waals surface area contributed by atoms with Crippen LogP contribution in [-0.2, 0) is 41.0 Å². The van der Waals surface area contributed by atoms with Gasteiger partial charge in [0.2, 0.25) is 15.9 Å². The number of halogens is 7. The summed E-state index contributed by atoms with van der Waals surface area (Å²) >= 11 is 6.56. The van der Waals surface area contributed by atoms with E-state index in [2.05, 4.69) is 30.2 Å². The molecular formula is C36H26ClF6N9O4S. The highest BCUT2D eigenvalue weighted by Gasteiger charge is 2.34. The van der Waals surface area contributed by atoms with Gasteiger partial charge in [0, 0.05) is 31.3 Å². The van der Waals surface area contributed by atoms with Crippen LogP contribution < -0.4 is 15.6 Å². The number of carbonyl (C=O) groups is 1. The highest BCUT2D eigenvalue weighted by Crippen LogP contribution is 2.36. The first-order chi connectivity index (χ1) is 26.9. The molecule has 0 aliphatic heterocycles. The predicted octanol–water partition coefficient (Wildman–Crippen LogP) is 6.09. The third-order valence-electron chi connectivity index (χ3n) is 8.59. The van der Waals surface area contributed by atoms with Crippen molar-refractivity contribution in [2.75, 3.05) is 11.0 Å². The number of pyridine rings is 1. The van der Waals surface area contributed by atoms with E-state index in [-0.39, 0.29) is 61.1 Å². The Morgan fingerprint density at radius 2 is 1.67 bits per heavy atom. The Hall–Kier alpha value is -6.28. The molecule has 21 heteroatoms. The predicted molar refractivity (Wildman–Crippen MR) is 196 cm³/mol. The van der Waals surface area contributed by atoms with Crippen molar-refractivity contribution < 1.29 is 39.6 Å². The Bertz CT molecular complexity index is 2890. The monoisotopic (exact) mass is 829 g/mol. The van der Waals surface area contributed by atoms with Gasteiger partial charge in [-0.3, -0.25) is 28.2 Å². The second kappa shape index (κ2) is 14.7. The molecule has 0 spiro atoms. The molecule has 7 aromatic rings. The Morgan fingerprint density at radius 1 is 0.947 bits per heavy atom. The van der Waals surface area contributed by atoms with Crippen molar-refractivity contribution in [1.82, 2.24) is 39.4 Å². The van der Waals surface area contributed by atoms with E-state index in [0.717, 1.165) is 33.8 Å². The number of hydrogen-bond acceptors (Lipinski definition) is 8. The molecule has 1 atom stereocenters. The van der Waals surface area contributed by atoms with E-state index >= 15 is 0 Å². The quantitative estimate of drug-likeness (QED) is 0.157. The van der Waals surface area contributed by atoms with Crippen LogP contribution in [0.2, 0.25) is 5.02 Å². The van der Waals surface area contributed by atoms with Gasteiger partial charge in [0.1, 0.15) is 29.8 Å². The van der Waals surface area contributed by atoms with Gasteiger partial charge in [-0.1, -0.05) is 23.7 Å². The van der Waals surface area contributed by atoms with Crippen LogP contribution in [0.4, 0.5) is 32.2 Å². The fourth-order valence-corrected chi connectivity index (χ4v) is 7.05. The van der Waals surface area contributed by atoms with E-state index in [1.165, 1.54) is 54.2 Å². The molecule has 7 rings (SSSR count). The largest absolute Gasteiger partial charge is 0.435 e. The van der Waals surface area contributed by atoms with E-state index in [1.54, 1.807) is 6.07 Å². The van der Waals surface area contributed by atoms with Gasteiger partial charge in [-0.05, 0) is 60.2 Å². The van der Waals surface area contributed by atoms with Crippen molar-refractivity contribution in [3.8, 4) is 16.9 Å². The average molecular weight is 830 g/mol. The number of anilines is 1. The Balaban J connectivity index is 1.49. The van der Waals surface area contributed by atoms with Crippen molar-refractivity contribution in [2.24, 2.45) is 7.05 Å². The van der Waals surface area contributed by atoms with E-state index in [4.69, 9.17) is 11.6 Å². The molecular weight excluding hydrogens is 804 g/mol. The zero-order chi connectivity index (χ0) is 41.0. The number of aromatic nitrogens is 7. The Labute approximate surface area is 322 Å². The Kier molecular flexibility index (Phi) is 10.0. The fourth-order valence-electron chi connectivity index (χ4n) is 6.31. The molecule has 0 saturated carbocycles. The van der Waals surface area contributed by atoms with Crippen molar-refractivity contribution in [1.29, 1.82) is 0 Å².